The predicted molar refractivity (Wildman–Crippen MR) is 137 cm³/mol. The second-order valence-electron chi connectivity index (χ2n) is 7.51. The Morgan fingerprint density at radius 1 is 0.743 bits per heavy atom. The van der Waals surface area contributed by atoms with Crippen molar-refractivity contribution in [1.82, 2.24) is 4.98 Å². The van der Waals surface area contributed by atoms with Gasteiger partial charge in [0.1, 0.15) is 23.0 Å². The van der Waals surface area contributed by atoms with Crippen molar-refractivity contribution < 1.29 is 23.7 Å². The van der Waals surface area contributed by atoms with Gasteiger partial charge in [-0.3, -0.25) is 4.79 Å². The van der Waals surface area contributed by atoms with Gasteiger partial charge >= 0.3 is 0 Å². The second kappa shape index (κ2) is 11.0. The van der Waals surface area contributed by atoms with Gasteiger partial charge in [0.05, 0.1) is 32.4 Å². The summed E-state index contributed by atoms with van der Waals surface area (Å²) >= 11 is 0. The number of benzene rings is 3. The van der Waals surface area contributed by atoms with E-state index in [1.807, 2.05) is 60.7 Å². The molecule has 6 nitrogen and oxygen atoms in total. The second-order valence-corrected chi connectivity index (χ2v) is 7.51. The average molecular weight is 468 g/mol. The van der Waals surface area contributed by atoms with Crippen LogP contribution in [0.2, 0.25) is 0 Å². The fourth-order valence-electron chi connectivity index (χ4n) is 3.51. The zero-order valence-corrected chi connectivity index (χ0v) is 19.7. The third-order valence-corrected chi connectivity index (χ3v) is 5.27. The summed E-state index contributed by atoms with van der Waals surface area (Å²) in [6, 6.07) is 22.6. The molecule has 4 aromatic rings. The molecule has 0 N–H and O–H groups in total. The lowest BCUT2D eigenvalue weighted by Crippen LogP contribution is -1.95. The molecule has 0 spiro atoms. The summed E-state index contributed by atoms with van der Waals surface area (Å²) in [5.74, 6) is 2.52. The molecule has 1 aromatic heterocycles. The molecule has 0 atom stereocenters. The van der Waals surface area contributed by atoms with Gasteiger partial charge < -0.3 is 18.9 Å². The quantitative estimate of drug-likeness (QED) is 0.267. The molecule has 35 heavy (non-hydrogen) atoms. The molecule has 3 aromatic carbocycles. The maximum absolute atomic E-state index is 12.7. The van der Waals surface area contributed by atoms with Crippen molar-refractivity contribution in [2.24, 2.45) is 0 Å². The van der Waals surface area contributed by atoms with Gasteiger partial charge in [-0.25, -0.2) is 4.98 Å². The molecule has 0 aliphatic rings. The van der Waals surface area contributed by atoms with Crippen molar-refractivity contribution >= 4 is 28.8 Å². The topological polar surface area (TPSA) is 66.9 Å². The van der Waals surface area contributed by atoms with Gasteiger partial charge in [-0.15, -0.1) is 0 Å². The molecular weight excluding hydrogens is 442 g/mol. The number of fused-ring (bicyclic) bond motifs is 1. The predicted octanol–water partition coefficient (Wildman–Crippen LogP) is 6.35. The van der Waals surface area contributed by atoms with Gasteiger partial charge in [0, 0.05) is 23.1 Å². The first kappa shape index (κ1) is 23.6. The summed E-state index contributed by atoms with van der Waals surface area (Å²) in [4.78, 5) is 17.4. The van der Waals surface area contributed by atoms with Crippen LogP contribution in [-0.2, 0) is 4.79 Å². The molecular formula is C29H25NO5. The number of allylic oxidation sites excluding steroid dienone is 2. The first-order valence-corrected chi connectivity index (χ1v) is 10.9. The van der Waals surface area contributed by atoms with E-state index in [0.717, 1.165) is 10.9 Å². The lowest BCUT2D eigenvalue weighted by Gasteiger charge is -2.12. The van der Waals surface area contributed by atoms with Crippen LogP contribution >= 0.6 is 0 Å². The Balaban J connectivity index is 1.63. The van der Waals surface area contributed by atoms with Gasteiger partial charge in [0.25, 0.3) is 0 Å². The molecule has 0 unspecified atom stereocenters. The van der Waals surface area contributed by atoms with E-state index in [-0.39, 0.29) is 5.78 Å². The number of hydrogen-bond donors (Lipinski definition) is 0. The Kier molecular flexibility index (Phi) is 7.43. The summed E-state index contributed by atoms with van der Waals surface area (Å²) in [6.45, 7) is 0. The molecule has 0 radical (unpaired) electrons. The van der Waals surface area contributed by atoms with Crippen molar-refractivity contribution in [1.29, 1.82) is 0 Å². The SMILES string of the molecule is COc1cc(OC)c(/C=C/C(=O)/C=C/c2cc3ccccc3nc2Oc2ccccc2)c(OC)c1. The number of ether oxygens (including phenoxy) is 4. The van der Waals surface area contributed by atoms with E-state index in [2.05, 4.69) is 4.98 Å². The van der Waals surface area contributed by atoms with Crippen molar-refractivity contribution in [3.8, 4) is 28.9 Å². The van der Waals surface area contributed by atoms with E-state index in [1.54, 1.807) is 45.6 Å². The molecule has 4 rings (SSSR count). The molecule has 1 heterocycles. The first-order valence-electron chi connectivity index (χ1n) is 10.9. The summed E-state index contributed by atoms with van der Waals surface area (Å²) < 4.78 is 22.2. The van der Waals surface area contributed by atoms with Crippen molar-refractivity contribution in [2.75, 3.05) is 21.3 Å². The molecule has 0 aliphatic carbocycles. The van der Waals surface area contributed by atoms with Crippen LogP contribution in [0.25, 0.3) is 23.1 Å². The molecule has 0 bridgehead atoms. The minimum atomic E-state index is -0.219. The van der Waals surface area contributed by atoms with Crippen molar-refractivity contribution in [2.45, 2.75) is 0 Å². The minimum Gasteiger partial charge on any atom is -0.496 e. The van der Waals surface area contributed by atoms with E-state index in [4.69, 9.17) is 18.9 Å². The lowest BCUT2D eigenvalue weighted by molar-refractivity contribution is -0.110. The number of hydrogen-bond acceptors (Lipinski definition) is 6. The van der Waals surface area contributed by atoms with Crippen LogP contribution in [0.4, 0.5) is 0 Å². The Bertz CT molecular complexity index is 1370. The molecule has 0 fully saturated rings. The number of nitrogens with zero attached hydrogens (tertiary/aromatic N) is 1. The van der Waals surface area contributed by atoms with Crippen LogP contribution in [0.5, 0.6) is 28.9 Å². The highest BCUT2D eigenvalue weighted by Crippen LogP contribution is 2.35. The van der Waals surface area contributed by atoms with E-state index in [1.165, 1.54) is 12.2 Å². The maximum Gasteiger partial charge on any atom is 0.227 e. The molecule has 6 heteroatoms. The Hall–Kier alpha value is -4.58. The Labute approximate surface area is 204 Å². The molecule has 0 saturated heterocycles. The number of pyridine rings is 1. The van der Waals surface area contributed by atoms with Gasteiger partial charge in [0.2, 0.25) is 5.88 Å². The number of carbonyl (C=O) groups excluding carboxylic acids is 1. The zero-order valence-electron chi connectivity index (χ0n) is 19.7. The van der Waals surface area contributed by atoms with Crippen LogP contribution < -0.4 is 18.9 Å². The number of aromatic nitrogens is 1. The molecule has 0 amide bonds. The molecule has 176 valence electrons. The highest BCUT2D eigenvalue weighted by atomic mass is 16.5. The molecule has 0 saturated carbocycles. The number of ketones is 1. The smallest absolute Gasteiger partial charge is 0.227 e. The van der Waals surface area contributed by atoms with E-state index in [9.17, 15) is 4.79 Å². The maximum atomic E-state index is 12.7. The van der Waals surface area contributed by atoms with Crippen LogP contribution in [0.3, 0.4) is 0 Å². The summed E-state index contributed by atoms with van der Waals surface area (Å²) in [5.41, 5.74) is 2.13. The van der Waals surface area contributed by atoms with Gasteiger partial charge in [-0.1, -0.05) is 36.4 Å². The number of rotatable bonds is 9. The zero-order chi connectivity index (χ0) is 24.6. The van der Waals surface area contributed by atoms with E-state index in [0.29, 0.717) is 40.0 Å². The lowest BCUT2D eigenvalue weighted by atomic mass is 10.1. The highest BCUT2D eigenvalue weighted by Gasteiger charge is 2.11. The summed E-state index contributed by atoms with van der Waals surface area (Å²) in [6.07, 6.45) is 6.29. The fraction of sp³-hybridized carbons (Fsp3) is 0.103. The van der Waals surface area contributed by atoms with Crippen LogP contribution in [0, 0.1) is 0 Å². The summed E-state index contributed by atoms with van der Waals surface area (Å²) in [7, 11) is 4.66. The molecule has 0 aliphatic heterocycles. The third-order valence-electron chi connectivity index (χ3n) is 5.27. The van der Waals surface area contributed by atoms with E-state index < -0.39 is 0 Å². The number of para-hydroxylation sites is 2. The van der Waals surface area contributed by atoms with Crippen molar-refractivity contribution in [3.63, 3.8) is 0 Å². The largest absolute Gasteiger partial charge is 0.496 e. The third kappa shape index (κ3) is 5.68. The normalized spacial score (nSPS) is 11.2. The van der Waals surface area contributed by atoms with Gasteiger partial charge in [0.15, 0.2) is 5.78 Å². The Morgan fingerprint density at radius 2 is 1.40 bits per heavy atom. The average Bonchev–Trinajstić information content (AvgIpc) is 2.90. The van der Waals surface area contributed by atoms with Crippen molar-refractivity contribution in [3.05, 3.63) is 96.1 Å². The monoisotopic (exact) mass is 467 g/mol. The van der Waals surface area contributed by atoms with Crippen LogP contribution in [-0.4, -0.2) is 32.1 Å². The fourth-order valence-corrected chi connectivity index (χ4v) is 3.51. The Morgan fingerprint density at radius 3 is 2.09 bits per heavy atom. The van der Waals surface area contributed by atoms with E-state index >= 15 is 0 Å². The summed E-state index contributed by atoms with van der Waals surface area (Å²) in [5, 5.41) is 0.947. The van der Waals surface area contributed by atoms with Crippen LogP contribution in [0.15, 0.2) is 84.9 Å². The minimum absolute atomic E-state index is 0.219. The highest BCUT2D eigenvalue weighted by molar-refractivity contribution is 6.05. The first-order chi connectivity index (χ1) is 17.1. The number of carbonyl (C=O) groups is 1. The van der Waals surface area contributed by atoms with Gasteiger partial charge in [-0.2, -0.15) is 0 Å². The number of methoxy groups -OCH3 is 3. The van der Waals surface area contributed by atoms with Crippen LogP contribution in [0.1, 0.15) is 11.1 Å². The van der Waals surface area contributed by atoms with Gasteiger partial charge in [-0.05, 0) is 48.6 Å². The standard InChI is InChI=1S/C29H25NO5/c1-32-24-18-27(33-2)25(28(19-24)34-3)16-15-22(31)14-13-21-17-20-9-7-8-12-26(20)30-29(21)35-23-10-5-4-6-11-23/h4-19H,1-3H3/b14-13+,16-15+.